The molecule has 1 atom stereocenters. The summed E-state index contributed by atoms with van der Waals surface area (Å²) in [5.74, 6) is 0.00896. The number of alkyl halides is 1. The second-order valence-corrected chi connectivity index (χ2v) is 5.98. The van der Waals surface area contributed by atoms with E-state index in [2.05, 4.69) is 5.32 Å². The van der Waals surface area contributed by atoms with Crippen LogP contribution >= 0.6 is 22.9 Å². The largest absolute Gasteiger partial charge is 0.352 e. The molecule has 2 aromatic rings. The van der Waals surface area contributed by atoms with E-state index in [1.807, 2.05) is 36.6 Å². The Morgan fingerprint density at radius 3 is 3.00 bits per heavy atom. The maximum atomic E-state index is 12.0. The van der Waals surface area contributed by atoms with Crippen molar-refractivity contribution in [2.75, 3.05) is 6.54 Å². The summed E-state index contributed by atoms with van der Waals surface area (Å²) >= 11 is 7.46. The van der Waals surface area contributed by atoms with Crippen molar-refractivity contribution in [3.05, 3.63) is 35.2 Å². The Hall–Kier alpha value is -1.06. The third-order valence-electron chi connectivity index (χ3n) is 2.79. The van der Waals surface area contributed by atoms with Crippen molar-refractivity contribution in [2.45, 2.75) is 25.1 Å². The number of fused-ring (bicyclic) bond motifs is 1. The predicted octanol–water partition coefficient (Wildman–Crippen LogP) is 4.04. The third kappa shape index (κ3) is 3.24. The molecule has 18 heavy (non-hydrogen) atoms. The second kappa shape index (κ2) is 6.21. The molecular formula is C14H16ClNOS. The molecule has 0 radical (unpaired) electrons. The van der Waals surface area contributed by atoms with Crippen LogP contribution in [0.5, 0.6) is 0 Å². The number of rotatable bonds is 5. The number of carbonyl (C=O) groups excluding carboxylic acids is 1. The summed E-state index contributed by atoms with van der Waals surface area (Å²) in [5.41, 5.74) is 0.773. The smallest absolute Gasteiger partial charge is 0.252 e. The molecule has 0 fully saturated rings. The minimum atomic E-state index is 0.00896. The van der Waals surface area contributed by atoms with Gasteiger partial charge in [-0.25, -0.2) is 0 Å². The van der Waals surface area contributed by atoms with Crippen molar-refractivity contribution in [3.63, 3.8) is 0 Å². The number of carbonyl (C=O) groups is 1. The Kier molecular flexibility index (Phi) is 4.61. The number of amides is 1. The van der Waals surface area contributed by atoms with E-state index in [9.17, 15) is 4.79 Å². The SMILES string of the molecule is CC(Cl)CCCNC(=O)c1csc2ccccc12. The summed E-state index contributed by atoms with van der Waals surface area (Å²) in [6.45, 7) is 2.65. The van der Waals surface area contributed by atoms with Gasteiger partial charge in [-0.1, -0.05) is 18.2 Å². The monoisotopic (exact) mass is 281 g/mol. The first-order valence-electron chi connectivity index (χ1n) is 6.07. The normalized spacial score (nSPS) is 12.6. The Morgan fingerprint density at radius 1 is 1.44 bits per heavy atom. The van der Waals surface area contributed by atoms with Crippen molar-refractivity contribution in [3.8, 4) is 0 Å². The summed E-state index contributed by atoms with van der Waals surface area (Å²) < 4.78 is 1.15. The minimum Gasteiger partial charge on any atom is -0.352 e. The average Bonchev–Trinajstić information content (AvgIpc) is 2.78. The van der Waals surface area contributed by atoms with Gasteiger partial charge in [-0.2, -0.15) is 0 Å². The lowest BCUT2D eigenvalue weighted by Crippen LogP contribution is -2.24. The van der Waals surface area contributed by atoms with Crippen LogP contribution in [0, 0.1) is 0 Å². The molecule has 1 aromatic heterocycles. The van der Waals surface area contributed by atoms with Crippen LogP contribution in [0.2, 0.25) is 0 Å². The lowest BCUT2D eigenvalue weighted by atomic mass is 10.1. The van der Waals surface area contributed by atoms with Crippen LogP contribution in [0.3, 0.4) is 0 Å². The van der Waals surface area contributed by atoms with E-state index in [1.54, 1.807) is 11.3 Å². The fourth-order valence-electron chi connectivity index (χ4n) is 1.83. The highest BCUT2D eigenvalue weighted by Gasteiger charge is 2.10. The number of nitrogens with one attached hydrogen (secondary N) is 1. The molecule has 0 aliphatic carbocycles. The standard InChI is InChI=1S/C14H16ClNOS/c1-10(15)5-4-8-16-14(17)12-9-18-13-7-3-2-6-11(12)13/h2-3,6-7,9-10H,4-5,8H2,1H3,(H,16,17). The van der Waals surface area contributed by atoms with Gasteiger partial charge >= 0.3 is 0 Å². The second-order valence-electron chi connectivity index (χ2n) is 4.32. The molecule has 0 saturated heterocycles. The molecule has 1 unspecified atom stereocenters. The fourth-order valence-corrected chi connectivity index (χ4v) is 2.93. The van der Waals surface area contributed by atoms with Crippen LogP contribution in [-0.2, 0) is 0 Å². The van der Waals surface area contributed by atoms with Gasteiger partial charge < -0.3 is 5.32 Å². The first kappa shape index (κ1) is 13.4. The van der Waals surface area contributed by atoms with Gasteiger partial charge in [0.1, 0.15) is 0 Å². The molecule has 0 aliphatic heterocycles. The maximum Gasteiger partial charge on any atom is 0.252 e. The van der Waals surface area contributed by atoms with E-state index in [1.165, 1.54) is 0 Å². The van der Waals surface area contributed by atoms with Crippen LogP contribution < -0.4 is 5.32 Å². The van der Waals surface area contributed by atoms with Gasteiger partial charge in [-0.3, -0.25) is 4.79 Å². The first-order chi connectivity index (χ1) is 8.68. The molecule has 0 spiro atoms. The molecule has 2 nitrogen and oxygen atoms in total. The van der Waals surface area contributed by atoms with Crippen LogP contribution in [0.4, 0.5) is 0 Å². The van der Waals surface area contributed by atoms with Gasteiger partial charge in [0.15, 0.2) is 0 Å². The Balaban J connectivity index is 1.97. The van der Waals surface area contributed by atoms with Crippen molar-refractivity contribution in [1.29, 1.82) is 0 Å². The lowest BCUT2D eigenvalue weighted by Gasteiger charge is -2.05. The van der Waals surface area contributed by atoms with Crippen molar-refractivity contribution < 1.29 is 4.79 Å². The van der Waals surface area contributed by atoms with E-state index in [0.717, 1.165) is 28.5 Å². The zero-order valence-electron chi connectivity index (χ0n) is 10.3. The molecule has 96 valence electrons. The van der Waals surface area contributed by atoms with Gasteiger partial charge in [0.25, 0.3) is 5.91 Å². The van der Waals surface area contributed by atoms with Crippen molar-refractivity contribution >= 4 is 38.9 Å². The van der Waals surface area contributed by atoms with Crippen LogP contribution in [0.15, 0.2) is 29.6 Å². The summed E-state index contributed by atoms with van der Waals surface area (Å²) in [5, 5.41) is 6.07. The third-order valence-corrected chi connectivity index (χ3v) is 3.97. The zero-order chi connectivity index (χ0) is 13.0. The number of benzene rings is 1. The van der Waals surface area contributed by atoms with E-state index in [-0.39, 0.29) is 11.3 Å². The number of hydrogen-bond donors (Lipinski definition) is 1. The molecule has 1 amide bonds. The first-order valence-corrected chi connectivity index (χ1v) is 7.38. The van der Waals surface area contributed by atoms with Gasteiger partial charge in [0.05, 0.1) is 5.56 Å². The van der Waals surface area contributed by atoms with Crippen LogP contribution in [-0.4, -0.2) is 17.8 Å². The summed E-state index contributed by atoms with van der Waals surface area (Å²) in [7, 11) is 0. The summed E-state index contributed by atoms with van der Waals surface area (Å²) in [6, 6.07) is 7.97. The highest BCUT2D eigenvalue weighted by atomic mass is 35.5. The molecule has 2 rings (SSSR count). The van der Waals surface area contributed by atoms with Crippen LogP contribution in [0.25, 0.3) is 10.1 Å². The van der Waals surface area contributed by atoms with Gasteiger partial charge in [-0.15, -0.1) is 22.9 Å². The molecule has 0 bridgehead atoms. The number of halogens is 1. The van der Waals surface area contributed by atoms with Gasteiger partial charge in [0.2, 0.25) is 0 Å². The van der Waals surface area contributed by atoms with Gasteiger partial charge in [0, 0.05) is 27.4 Å². The Labute approximate surface area is 116 Å². The molecule has 1 N–H and O–H groups in total. The van der Waals surface area contributed by atoms with Gasteiger partial charge in [-0.05, 0) is 25.8 Å². The fraction of sp³-hybridized carbons (Fsp3) is 0.357. The summed E-state index contributed by atoms with van der Waals surface area (Å²) in [4.78, 5) is 12.0. The topological polar surface area (TPSA) is 29.1 Å². The summed E-state index contributed by atoms with van der Waals surface area (Å²) in [6.07, 6.45) is 1.84. The predicted molar refractivity (Wildman–Crippen MR) is 78.7 cm³/mol. The average molecular weight is 282 g/mol. The minimum absolute atomic E-state index is 0.00896. The lowest BCUT2D eigenvalue weighted by molar-refractivity contribution is 0.0955. The highest BCUT2D eigenvalue weighted by molar-refractivity contribution is 7.17. The zero-order valence-corrected chi connectivity index (χ0v) is 11.9. The highest BCUT2D eigenvalue weighted by Crippen LogP contribution is 2.25. The van der Waals surface area contributed by atoms with E-state index >= 15 is 0 Å². The molecule has 1 aromatic carbocycles. The number of thiophene rings is 1. The molecule has 0 saturated carbocycles. The Morgan fingerprint density at radius 2 is 2.22 bits per heavy atom. The molecule has 1 heterocycles. The van der Waals surface area contributed by atoms with E-state index in [4.69, 9.17) is 11.6 Å². The maximum absolute atomic E-state index is 12.0. The van der Waals surface area contributed by atoms with E-state index < -0.39 is 0 Å². The quantitative estimate of drug-likeness (QED) is 0.650. The molecule has 4 heteroatoms. The molecular weight excluding hydrogens is 266 g/mol. The van der Waals surface area contributed by atoms with Crippen molar-refractivity contribution in [2.24, 2.45) is 0 Å². The van der Waals surface area contributed by atoms with E-state index in [0.29, 0.717) is 6.54 Å². The Bertz CT molecular complexity index is 535. The van der Waals surface area contributed by atoms with Crippen molar-refractivity contribution in [1.82, 2.24) is 5.32 Å². The molecule has 0 aliphatic rings. The van der Waals surface area contributed by atoms with Crippen LogP contribution in [0.1, 0.15) is 30.1 Å². The number of hydrogen-bond acceptors (Lipinski definition) is 2.